The fourth-order valence-electron chi connectivity index (χ4n) is 1.90. The van der Waals surface area contributed by atoms with E-state index in [1.807, 2.05) is 0 Å². The van der Waals surface area contributed by atoms with Gasteiger partial charge in [0, 0.05) is 18.9 Å². The number of nitrogens with one attached hydrogen (secondary N) is 2. The largest absolute Gasteiger partial charge is 0.316 e. The van der Waals surface area contributed by atoms with Gasteiger partial charge in [-0.3, -0.25) is 9.71 Å². The van der Waals surface area contributed by atoms with E-state index in [4.69, 9.17) is 0 Å². The fraction of sp³-hybridized carbons (Fsp3) is 0.214. The van der Waals surface area contributed by atoms with Crippen molar-refractivity contribution in [1.29, 1.82) is 0 Å². The summed E-state index contributed by atoms with van der Waals surface area (Å²) in [5.41, 5.74) is 1.61. The van der Waals surface area contributed by atoms with E-state index in [2.05, 4.69) is 15.0 Å². The fourth-order valence-corrected chi connectivity index (χ4v) is 3.28. The third-order valence-electron chi connectivity index (χ3n) is 2.95. The van der Waals surface area contributed by atoms with E-state index in [-0.39, 0.29) is 4.90 Å². The predicted molar refractivity (Wildman–Crippen MR) is 78.9 cm³/mol. The van der Waals surface area contributed by atoms with E-state index in [1.54, 1.807) is 26.2 Å². The van der Waals surface area contributed by atoms with Crippen LogP contribution in [0.25, 0.3) is 0 Å². The molecule has 2 aromatic rings. The van der Waals surface area contributed by atoms with Crippen molar-refractivity contribution < 1.29 is 12.8 Å². The first-order chi connectivity index (χ1) is 9.94. The number of sulfonamides is 1. The maximum absolute atomic E-state index is 13.4. The average molecular weight is 309 g/mol. The molecule has 1 heterocycles. The summed E-state index contributed by atoms with van der Waals surface area (Å²) in [6.07, 6.45) is 3.04. The molecule has 0 unspecified atom stereocenters. The normalized spacial score (nSPS) is 11.4. The molecule has 0 saturated carbocycles. The van der Waals surface area contributed by atoms with Crippen LogP contribution in [-0.2, 0) is 16.6 Å². The van der Waals surface area contributed by atoms with Crippen molar-refractivity contribution in [1.82, 2.24) is 10.3 Å². The number of nitrogens with zero attached hydrogens (tertiary/aromatic N) is 1. The summed E-state index contributed by atoms with van der Waals surface area (Å²) in [4.78, 5) is 3.83. The zero-order chi connectivity index (χ0) is 15.5. The lowest BCUT2D eigenvalue weighted by atomic mass is 10.2. The molecular weight excluding hydrogens is 293 g/mol. The summed E-state index contributed by atoms with van der Waals surface area (Å²) in [7, 11) is -2.17. The van der Waals surface area contributed by atoms with Crippen molar-refractivity contribution in [3.05, 3.63) is 53.6 Å². The molecule has 21 heavy (non-hydrogen) atoms. The lowest BCUT2D eigenvalue weighted by Crippen LogP contribution is -2.18. The molecule has 5 nitrogen and oxygen atoms in total. The highest BCUT2D eigenvalue weighted by atomic mass is 32.2. The van der Waals surface area contributed by atoms with Crippen molar-refractivity contribution >= 4 is 15.7 Å². The Hall–Kier alpha value is -1.99. The topological polar surface area (TPSA) is 71.1 Å². The Morgan fingerprint density at radius 3 is 2.71 bits per heavy atom. The zero-order valence-corrected chi connectivity index (χ0v) is 12.5. The van der Waals surface area contributed by atoms with Gasteiger partial charge in [0.05, 0.1) is 10.6 Å². The first kappa shape index (κ1) is 15.4. The van der Waals surface area contributed by atoms with Crippen LogP contribution in [0.4, 0.5) is 10.1 Å². The predicted octanol–water partition coefficient (Wildman–Crippen LogP) is 2.05. The molecule has 0 spiro atoms. The minimum absolute atomic E-state index is 0.0759. The summed E-state index contributed by atoms with van der Waals surface area (Å²) >= 11 is 0. The van der Waals surface area contributed by atoms with Crippen LogP contribution in [0.15, 0.2) is 41.6 Å². The minimum atomic E-state index is -3.87. The molecule has 0 atom stereocenters. The van der Waals surface area contributed by atoms with Gasteiger partial charge in [0.25, 0.3) is 10.0 Å². The van der Waals surface area contributed by atoms with Crippen LogP contribution in [0.5, 0.6) is 0 Å². The van der Waals surface area contributed by atoms with Crippen molar-refractivity contribution in [2.75, 3.05) is 11.8 Å². The maximum Gasteiger partial charge on any atom is 0.262 e. The smallest absolute Gasteiger partial charge is 0.262 e. The average Bonchev–Trinajstić information content (AvgIpc) is 2.43. The quantitative estimate of drug-likeness (QED) is 0.887. The molecule has 0 aliphatic carbocycles. The van der Waals surface area contributed by atoms with Crippen molar-refractivity contribution in [3.8, 4) is 0 Å². The second kappa shape index (κ2) is 6.19. The summed E-state index contributed by atoms with van der Waals surface area (Å²) in [5, 5.41) is 2.87. The molecule has 2 N–H and O–H groups in total. The van der Waals surface area contributed by atoms with Crippen molar-refractivity contribution in [2.24, 2.45) is 0 Å². The van der Waals surface area contributed by atoms with Gasteiger partial charge in [-0.1, -0.05) is 6.07 Å². The summed E-state index contributed by atoms with van der Waals surface area (Å²) in [6.45, 7) is 2.07. The standard InChI is InChI=1S/C14H16FN3O2S/c1-10-8-17-6-5-13(10)18-21(19,20)14-7-12(15)4-3-11(14)9-16-2/h3-8,16H,9H2,1-2H3,(H,17,18). The molecule has 1 aromatic carbocycles. The SMILES string of the molecule is CNCc1ccc(F)cc1S(=O)(=O)Nc1ccncc1C. The molecule has 0 saturated heterocycles. The van der Waals surface area contributed by atoms with Crippen LogP contribution in [0.3, 0.4) is 0 Å². The first-order valence-corrected chi connectivity index (χ1v) is 7.79. The lowest BCUT2D eigenvalue weighted by Gasteiger charge is -2.13. The molecule has 1 aromatic heterocycles. The second-order valence-electron chi connectivity index (χ2n) is 4.58. The molecule has 0 bridgehead atoms. The number of aryl methyl sites for hydroxylation is 1. The van der Waals surface area contributed by atoms with Gasteiger partial charge in [0.15, 0.2) is 0 Å². The molecule has 0 radical (unpaired) electrons. The Morgan fingerprint density at radius 2 is 2.05 bits per heavy atom. The van der Waals surface area contributed by atoms with Gasteiger partial charge in [-0.2, -0.15) is 0 Å². The number of pyridine rings is 1. The van der Waals surface area contributed by atoms with Crippen LogP contribution in [-0.4, -0.2) is 20.4 Å². The van der Waals surface area contributed by atoms with Gasteiger partial charge < -0.3 is 5.32 Å². The van der Waals surface area contributed by atoms with E-state index in [0.29, 0.717) is 23.4 Å². The second-order valence-corrected chi connectivity index (χ2v) is 6.23. The maximum atomic E-state index is 13.4. The molecule has 0 aliphatic heterocycles. The summed E-state index contributed by atoms with van der Waals surface area (Å²) in [6, 6.07) is 5.28. The first-order valence-electron chi connectivity index (χ1n) is 6.30. The number of anilines is 1. The molecule has 0 amide bonds. The number of aromatic nitrogens is 1. The Kier molecular flexibility index (Phi) is 4.54. The van der Waals surface area contributed by atoms with Crippen LogP contribution >= 0.6 is 0 Å². The summed E-state index contributed by atoms with van der Waals surface area (Å²) in [5.74, 6) is -0.596. The molecule has 2 rings (SSSR count). The van der Waals surface area contributed by atoms with E-state index in [1.165, 1.54) is 18.3 Å². The van der Waals surface area contributed by atoms with Gasteiger partial charge in [-0.15, -0.1) is 0 Å². The third-order valence-corrected chi connectivity index (χ3v) is 4.40. The number of benzene rings is 1. The number of rotatable bonds is 5. The number of halogens is 1. The molecule has 112 valence electrons. The molecular formula is C14H16FN3O2S. The Labute approximate surface area is 123 Å². The van der Waals surface area contributed by atoms with Gasteiger partial charge >= 0.3 is 0 Å². The number of hydrogen-bond acceptors (Lipinski definition) is 4. The van der Waals surface area contributed by atoms with Crippen molar-refractivity contribution in [3.63, 3.8) is 0 Å². The zero-order valence-electron chi connectivity index (χ0n) is 11.7. The molecule has 0 aliphatic rings. The highest BCUT2D eigenvalue weighted by Crippen LogP contribution is 2.22. The van der Waals surface area contributed by atoms with Crippen LogP contribution in [0, 0.1) is 12.7 Å². The number of hydrogen-bond donors (Lipinski definition) is 2. The third kappa shape index (κ3) is 3.56. The van der Waals surface area contributed by atoms with E-state index in [0.717, 1.165) is 6.07 Å². The Balaban J connectivity index is 2.44. The van der Waals surface area contributed by atoms with Crippen molar-refractivity contribution in [2.45, 2.75) is 18.4 Å². The van der Waals surface area contributed by atoms with Gasteiger partial charge in [-0.05, 0) is 43.3 Å². The highest BCUT2D eigenvalue weighted by molar-refractivity contribution is 7.92. The molecule has 0 fully saturated rings. The summed E-state index contributed by atoms with van der Waals surface area (Å²) < 4.78 is 40.8. The highest BCUT2D eigenvalue weighted by Gasteiger charge is 2.20. The Bertz CT molecular complexity index is 748. The minimum Gasteiger partial charge on any atom is -0.316 e. The van der Waals surface area contributed by atoms with Crippen LogP contribution in [0.2, 0.25) is 0 Å². The van der Waals surface area contributed by atoms with E-state index in [9.17, 15) is 12.8 Å². The van der Waals surface area contributed by atoms with Gasteiger partial charge in [0.1, 0.15) is 5.82 Å². The van der Waals surface area contributed by atoms with E-state index >= 15 is 0 Å². The van der Waals surface area contributed by atoms with Crippen LogP contribution in [0.1, 0.15) is 11.1 Å². The van der Waals surface area contributed by atoms with Gasteiger partial charge in [-0.25, -0.2) is 12.8 Å². The lowest BCUT2D eigenvalue weighted by molar-refractivity contribution is 0.592. The van der Waals surface area contributed by atoms with Crippen LogP contribution < -0.4 is 10.0 Å². The van der Waals surface area contributed by atoms with E-state index < -0.39 is 15.8 Å². The monoisotopic (exact) mass is 309 g/mol. The Morgan fingerprint density at radius 1 is 1.29 bits per heavy atom. The molecule has 7 heteroatoms. The van der Waals surface area contributed by atoms with Gasteiger partial charge in [0.2, 0.25) is 0 Å².